The first-order valence-corrected chi connectivity index (χ1v) is 4.37. The molecule has 1 atom stereocenters. The lowest BCUT2D eigenvalue weighted by atomic mass is 10.3. The predicted octanol–water partition coefficient (Wildman–Crippen LogP) is -0.724. The van der Waals surface area contributed by atoms with Crippen molar-refractivity contribution in [3.05, 3.63) is 0 Å². The molecule has 1 saturated heterocycles. The van der Waals surface area contributed by atoms with Gasteiger partial charge in [0.2, 0.25) is 0 Å². The third-order valence-corrected chi connectivity index (χ3v) is 1.61. The molecule has 0 aromatic carbocycles. The van der Waals surface area contributed by atoms with Crippen molar-refractivity contribution in [3.63, 3.8) is 0 Å². The zero-order valence-corrected chi connectivity index (χ0v) is 7.77. The molecule has 1 unspecified atom stereocenters. The summed E-state index contributed by atoms with van der Waals surface area (Å²) < 4.78 is 0. The summed E-state index contributed by atoms with van der Waals surface area (Å²) in [4.78, 5) is 19.4. The average molecular weight is 205 g/mol. The molecule has 82 valence electrons. The second kappa shape index (κ2) is 7.28. The standard InChI is InChI=1S/C4H9N.C4H6O5/c1-2-4-5-3-1;5-2(4(8)9)1-3(6)7/h5H,1-4H2;2,5H,1H2,(H,6,7)(H,8,9). The number of hydrogen-bond acceptors (Lipinski definition) is 4. The lowest BCUT2D eigenvalue weighted by Gasteiger charge is -1.97. The van der Waals surface area contributed by atoms with E-state index in [1.54, 1.807) is 0 Å². The van der Waals surface area contributed by atoms with Gasteiger partial charge in [0.25, 0.3) is 0 Å². The minimum atomic E-state index is -1.79. The highest BCUT2D eigenvalue weighted by Crippen LogP contribution is 1.90. The van der Waals surface area contributed by atoms with Crippen LogP contribution in [0.2, 0.25) is 0 Å². The van der Waals surface area contributed by atoms with Crippen LogP contribution in [0.25, 0.3) is 0 Å². The van der Waals surface area contributed by atoms with Crippen LogP contribution in [0.3, 0.4) is 0 Å². The van der Waals surface area contributed by atoms with E-state index in [9.17, 15) is 9.59 Å². The van der Waals surface area contributed by atoms with Gasteiger partial charge in [-0.1, -0.05) is 0 Å². The third-order valence-electron chi connectivity index (χ3n) is 1.61. The molecule has 6 nitrogen and oxygen atoms in total. The summed E-state index contributed by atoms with van der Waals surface area (Å²) in [6.45, 7) is 2.50. The monoisotopic (exact) mass is 205 g/mol. The fourth-order valence-corrected chi connectivity index (χ4v) is 0.878. The SMILES string of the molecule is C1CCNC1.O=C(O)CC(O)C(=O)O. The number of hydrogen-bond donors (Lipinski definition) is 4. The summed E-state index contributed by atoms with van der Waals surface area (Å²) in [5.41, 5.74) is 0. The van der Waals surface area contributed by atoms with Crippen LogP contribution in [0.5, 0.6) is 0 Å². The van der Waals surface area contributed by atoms with Crippen molar-refractivity contribution in [2.45, 2.75) is 25.4 Å². The molecule has 0 aliphatic carbocycles. The van der Waals surface area contributed by atoms with E-state index in [0.717, 1.165) is 0 Å². The molecule has 6 heteroatoms. The van der Waals surface area contributed by atoms with E-state index >= 15 is 0 Å². The van der Waals surface area contributed by atoms with E-state index in [-0.39, 0.29) is 0 Å². The van der Waals surface area contributed by atoms with Crippen molar-refractivity contribution in [3.8, 4) is 0 Å². The second-order valence-corrected chi connectivity index (χ2v) is 2.91. The van der Waals surface area contributed by atoms with Crippen LogP contribution in [-0.2, 0) is 9.59 Å². The van der Waals surface area contributed by atoms with E-state index in [2.05, 4.69) is 5.32 Å². The molecule has 1 rings (SSSR count). The first-order valence-electron chi connectivity index (χ1n) is 4.37. The van der Waals surface area contributed by atoms with Crippen LogP contribution in [0.15, 0.2) is 0 Å². The Hall–Kier alpha value is -1.14. The van der Waals surface area contributed by atoms with Crippen molar-refractivity contribution in [2.75, 3.05) is 13.1 Å². The molecule has 0 radical (unpaired) electrons. The first-order chi connectivity index (χ1) is 6.54. The number of aliphatic hydroxyl groups excluding tert-OH is 1. The smallest absolute Gasteiger partial charge is 0.333 e. The highest BCUT2D eigenvalue weighted by molar-refractivity contribution is 5.79. The maximum absolute atomic E-state index is 9.72. The Morgan fingerprint density at radius 2 is 1.71 bits per heavy atom. The van der Waals surface area contributed by atoms with Crippen molar-refractivity contribution in [1.82, 2.24) is 5.32 Å². The van der Waals surface area contributed by atoms with Gasteiger partial charge in [0.1, 0.15) is 0 Å². The quantitative estimate of drug-likeness (QED) is 0.484. The Bertz CT molecular complexity index is 183. The topological polar surface area (TPSA) is 107 Å². The largest absolute Gasteiger partial charge is 0.481 e. The molecular formula is C8H15NO5. The Kier molecular flexibility index (Phi) is 6.69. The van der Waals surface area contributed by atoms with Gasteiger partial charge in [0.05, 0.1) is 6.42 Å². The zero-order valence-electron chi connectivity index (χ0n) is 7.77. The minimum Gasteiger partial charge on any atom is -0.481 e. The number of aliphatic carboxylic acids is 2. The van der Waals surface area contributed by atoms with Gasteiger partial charge in [-0.25, -0.2) is 4.79 Å². The number of carboxylic acid groups (broad SMARTS) is 2. The van der Waals surface area contributed by atoms with Crippen LogP contribution >= 0.6 is 0 Å². The summed E-state index contributed by atoms with van der Waals surface area (Å²) in [6.07, 6.45) is 0.234. The van der Waals surface area contributed by atoms with E-state index in [1.165, 1.54) is 25.9 Å². The Balaban J connectivity index is 0.000000280. The Morgan fingerprint density at radius 1 is 1.21 bits per heavy atom. The Morgan fingerprint density at radius 3 is 1.86 bits per heavy atom. The van der Waals surface area contributed by atoms with Crippen molar-refractivity contribution >= 4 is 11.9 Å². The van der Waals surface area contributed by atoms with Crippen LogP contribution in [0, 0.1) is 0 Å². The maximum Gasteiger partial charge on any atom is 0.333 e. The first kappa shape index (κ1) is 12.9. The summed E-state index contributed by atoms with van der Waals surface area (Å²) in [6, 6.07) is 0. The zero-order chi connectivity index (χ0) is 11.0. The Labute approximate surface area is 81.5 Å². The number of nitrogens with one attached hydrogen (secondary N) is 1. The predicted molar refractivity (Wildman–Crippen MR) is 48.0 cm³/mol. The number of carbonyl (C=O) groups is 2. The van der Waals surface area contributed by atoms with Gasteiger partial charge in [-0.15, -0.1) is 0 Å². The van der Waals surface area contributed by atoms with Gasteiger partial charge in [0.15, 0.2) is 6.10 Å². The maximum atomic E-state index is 9.72. The van der Waals surface area contributed by atoms with Crippen LogP contribution in [-0.4, -0.2) is 46.5 Å². The molecule has 1 aliphatic rings. The van der Waals surface area contributed by atoms with Crippen molar-refractivity contribution in [1.29, 1.82) is 0 Å². The highest BCUT2D eigenvalue weighted by atomic mass is 16.4. The molecule has 1 heterocycles. The number of carboxylic acids is 2. The van der Waals surface area contributed by atoms with Gasteiger partial charge >= 0.3 is 11.9 Å². The second-order valence-electron chi connectivity index (χ2n) is 2.91. The summed E-state index contributed by atoms with van der Waals surface area (Å²) in [5, 5.41) is 27.4. The normalized spacial score (nSPS) is 16.6. The summed E-state index contributed by atoms with van der Waals surface area (Å²) in [7, 11) is 0. The molecule has 0 bridgehead atoms. The van der Waals surface area contributed by atoms with E-state index < -0.39 is 24.5 Å². The fourth-order valence-electron chi connectivity index (χ4n) is 0.878. The number of rotatable bonds is 3. The van der Waals surface area contributed by atoms with Gasteiger partial charge in [-0.2, -0.15) is 0 Å². The molecule has 0 aromatic heterocycles. The fraction of sp³-hybridized carbons (Fsp3) is 0.750. The molecule has 14 heavy (non-hydrogen) atoms. The third kappa shape index (κ3) is 7.51. The van der Waals surface area contributed by atoms with Crippen LogP contribution in [0.1, 0.15) is 19.3 Å². The summed E-state index contributed by atoms with van der Waals surface area (Å²) in [5.74, 6) is -2.85. The molecule has 4 N–H and O–H groups in total. The molecule has 0 amide bonds. The van der Waals surface area contributed by atoms with E-state index in [1.807, 2.05) is 0 Å². The average Bonchev–Trinajstić information content (AvgIpc) is 2.59. The van der Waals surface area contributed by atoms with Gasteiger partial charge in [-0.3, -0.25) is 4.79 Å². The lowest BCUT2D eigenvalue weighted by molar-refractivity contribution is -0.152. The molecule has 1 fully saturated rings. The van der Waals surface area contributed by atoms with Crippen LogP contribution in [0.4, 0.5) is 0 Å². The molecule has 0 saturated carbocycles. The highest BCUT2D eigenvalue weighted by Gasteiger charge is 2.16. The van der Waals surface area contributed by atoms with E-state index in [4.69, 9.17) is 15.3 Å². The summed E-state index contributed by atoms with van der Waals surface area (Å²) >= 11 is 0. The minimum absolute atomic E-state index is 0.755. The van der Waals surface area contributed by atoms with Gasteiger partial charge < -0.3 is 20.6 Å². The molecular weight excluding hydrogens is 190 g/mol. The van der Waals surface area contributed by atoms with Gasteiger partial charge in [-0.05, 0) is 25.9 Å². The molecule has 0 aromatic rings. The number of aliphatic hydroxyl groups is 1. The van der Waals surface area contributed by atoms with E-state index in [0.29, 0.717) is 0 Å². The van der Waals surface area contributed by atoms with Gasteiger partial charge in [0, 0.05) is 0 Å². The molecule has 0 spiro atoms. The van der Waals surface area contributed by atoms with Crippen molar-refractivity contribution < 1.29 is 24.9 Å². The van der Waals surface area contributed by atoms with Crippen molar-refractivity contribution in [2.24, 2.45) is 0 Å². The molecule has 1 aliphatic heterocycles. The lowest BCUT2D eigenvalue weighted by Crippen LogP contribution is -2.22. The van der Waals surface area contributed by atoms with Crippen LogP contribution < -0.4 is 5.32 Å².